The molecule has 2 amide bonds. The van der Waals surface area contributed by atoms with Gasteiger partial charge in [-0.3, -0.25) is 14.4 Å². The van der Waals surface area contributed by atoms with Crippen LogP contribution in [0.3, 0.4) is 0 Å². The lowest BCUT2D eigenvalue weighted by Crippen LogP contribution is -2.52. The van der Waals surface area contributed by atoms with Crippen molar-refractivity contribution in [3.8, 4) is 0 Å². The van der Waals surface area contributed by atoms with Crippen molar-refractivity contribution in [3.05, 3.63) is 42.0 Å². The SMILES string of the molecule is CCCOC(=O)C1=C[C@@H]2C(=O)O[C@H]1[C@H]1C(=O)N(c3ccccc3)C(=O)[C@H]12. The number of benzene rings is 1. The predicted octanol–water partition coefficient (Wildman–Crippen LogP) is 1.23. The minimum atomic E-state index is -1.08. The quantitative estimate of drug-likeness (QED) is 0.596. The van der Waals surface area contributed by atoms with Crippen molar-refractivity contribution >= 4 is 29.4 Å². The molecule has 4 atom stereocenters. The minimum absolute atomic E-state index is 0.153. The molecular formula is C19H17NO6. The molecule has 1 aliphatic carbocycles. The third-order valence-electron chi connectivity index (χ3n) is 4.98. The highest BCUT2D eigenvalue weighted by Crippen LogP contribution is 2.48. The number of fused-ring (bicyclic) bond motifs is 1. The minimum Gasteiger partial charge on any atom is -0.462 e. The first-order valence-electron chi connectivity index (χ1n) is 8.56. The van der Waals surface area contributed by atoms with Gasteiger partial charge >= 0.3 is 11.9 Å². The van der Waals surface area contributed by atoms with Crippen LogP contribution in [0.4, 0.5) is 5.69 Å². The molecule has 2 fully saturated rings. The van der Waals surface area contributed by atoms with E-state index >= 15 is 0 Å². The van der Waals surface area contributed by atoms with Gasteiger partial charge in [0.2, 0.25) is 11.8 Å². The number of esters is 2. The van der Waals surface area contributed by atoms with E-state index in [0.29, 0.717) is 12.1 Å². The number of rotatable bonds is 4. The number of hydrogen-bond donors (Lipinski definition) is 0. The zero-order valence-electron chi connectivity index (χ0n) is 14.1. The summed E-state index contributed by atoms with van der Waals surface area (Å²) in [7, 11) is 0. The normalized spacial score (nSPS) is 29.3. The first-order chi connectivity index (χ1) is 12.5. The Balaban J connectivity index is 1.71. The van der Waals surface area contributed by atoms with Crippen LogP contribution in [0.25, 0.3) is 0 Å². The summed E-state index contributed by atoms with van der Waals surface area (Å²) in [6, 6.07) is 8.53. The summed E-state index contributed by atoms with van der Waals surface area (Å²) in [6.45, 7) is 2.10. The summed E-state index contributed by atoms with van der Waals surface area (Å²) in [5.41, 5.74) is 0.597. The lowest BCUT2D eigenvalue weighted by Gasteiger charge is -2.39. The maximum absolute atomic E-state index is 13.0. The first kappa shape index (κ1) is 16.5. The Labute approximate surface area is 149 Å². The van der Waals surface area contributed by atoms with Crippen LogP contribution < -0.4 is 4.90 Å². The average molecular weight is 355 g/mol. The summed E-state index contributed by atoms with van der Waals surface area (Å²) < 4.78 is 10.4. The van der Waals surface area contributed by atoms with Crippen molar-refractivity contribution in [2.24, 2.45) is 17.8 Å². The first-order valence-corrected chi connectivity index (χ1v) is 8.56. The molecule has 0 saturated carbocycles. The smallest absolute Gasteiger partial charge is 0.337 e. The predicted molar refractivity (Wildman–Crippen MR) is 88.6 cm³/mol. The van der Waals surface area contributed by atoms with Gasteiger partial charge < -0.3 is 9.47 Å². The topological polar surface area (TPSA) is 90.0 Å². The van der Waals surface area contributed by atoms with E-state index in [4.69, 9.17) is 9.47 Å². The second kappa shape index (κ2) is 6.09. The Bertz CT molecular complexity index is 830. The number of amides is 2. The van der Waals surface area contributed by atoms with Crippen LogP contribution in [-0.4, -0.2) is 36.5 Å². The number of para-hydroxylation sites is 1. The van der Waals surface area contributed by atoms with Gasteiger partial charge in [0.05, 0.1) is 35.6 Å². The van der Waals surface area contributed by atoms with E-state index in [1.807, 2.05) is 6.92 Å². The van der Waals surface area contributed by atoms with E-state index in [9.17, 15) is 19.2 Å². The van der Waals surface area contributed by atoms with Crippen molar-refractivity contribution in [2.75, 3.05) is 11.5 Å². The molecule has 2 bridgehead atoms. The molecule has 0 radical (unpaired) electrons. The van der Waals surface area contributed by atoms with Crippen molar-refractivity contribution in [1.29, 1.82) is 0 Å². The number of anilines is 1. The number of ether oxygens (including phenoxy) is 2. The summed E-state index contributed by atoms with van der Waals surface area (Å²) in [4.78, 5) is 51.4. The average Bonchev–Trinajstić information content (AvgIpc) is 2.92. The summed E-state index contributed by atoms with van der Waals surface area (Å²) in [5, 5.41) is 0. The summed E-state index contributed by atoms with van der Waals surface area (Å²) >= 11 is 0. The fraction of sp³-hybridized carbons (Fsp3) is 0.368. The number of imide groups is 1. The molecule has 26 heavy (non-hydrogen) atoms. The van der Waals surface area contributed by atoms with Crippen LogP contribution in [0.2, 0.25) is 0 Å². The molecule has 1 aromatic carbocycles. The van der Waals surface area contributed by atoms with Crippen LogP contribution >= 0.6 is 0 Å². The monoisotopic (exact) mass is 355 g/mol. The van der Waals surface area contributed by atoms with E-state index < -0.39 is 47.6 Å². The standard InChI is InChI=1S/C19H17NO6/c1-2-8-25-18(23)12-9-11-13-14(15(12)26-19(11)24)17(22)20(16(13)21)10-6-4-3-5-7-10/h3-7,9,11,13-15H,2,8H2,1H3/t11-,13-,14-,15+/m0/s1. The highest BCUT2D eigenvalue weighted by molar-refractivity contribution is 6.24. The molecule has 0 spiro atoms. The third kappa shape index (κ3) is 2.27. The highest BCUT2D eigenvalue weighted by Gasteiger charge is 2.64. The second-order valence-corrected chi connectivity index (χ2v) is 6.54. The number of carbonyl (C=O) groups is 4. The van der Waals surface area contributed by atoms with Gasteiger partial charge in [-0.2, -0.15) is 0 Å². The van der Waals surface area contributed by atoms with Crippen molar-refractivity contribution in [3.63, 3.8) is 0 Å². The molecule has 3 aliphatic heterocycles. The molecule has 7 nitrogen and oxygen atoms in total. The molecule has 7 heteroatoms. The molecule has 2 saturated heterocycles. The molecular weight excluding hydrogens is 338 g/mol. The van der Waals surface area contributed by atoms with Crippen molar-refractivity contribution in [2.45, 2.75) is 19.4 Å². The van der Waals surface area contributed by atoms with Crippen LogP contribution in [0.15, 0.2) is 42.0 Å². The van der Waals surface area contributed by atoms with E-state index in [0.717, 1.165) is 4.90 Å². The van der Waals surface area contributed by atoms with Gasteiger partial charge in [-0.1, -0.05) is 31.2 Å². The van der Waals surface area contributed by atoms with Crippen LogP contribution in [-0.2, 0) is 28.7 Å². The van der Waals surface area contributed by atoms with E-state index in [2.05, 4.69) is 0 Å². The molecule has 0 unspecified atom stereocenters. The Morgan fingerprint density at radius 1 is 1.12 bits per heavy atom. The lowest BCUT2D eigenvalue weighted by atomic mass is 9.70. The zero-order valence-corrected chi connectivity index (χ0v) is 14.1. The van der Waals surface area contributed by atoms with Gasteiger partial charge in [-0.15, -0.1) is 0 Å². The Hall–Kier alpha value is -2.96. The molecule has 3 heterocycles. The van der Waals surface area contributed by atoms with Crippen molar-refractivity contribution < 1.29 is 28.7 Å². The van der Waals surface area contributed by atoms with Crippen LogP contribution in [0.5, 0.6) is 0 Å². The third-order valence-corrected chi connectivity index (χ3v) is 4.98. The van der Waals surface area contributed by atoms with Crippen LogP contribution in [0, 0.1) is 17.8 Å². The Kier molecular flexibility index (Phi) is 3.86. The summed E-state index contributed by atoms with van der Waals surface area (Å²) in [6.07, 6.45) is 1.01. The number of nitrogens with zero attached hydrogens (tertiary/aromatic N) is 1. The lowest BCUT2D eigenvalue weighted by molar-refractivity contribution is -0.172. The Morgan fingerprint density at radius 3 is 2.50 bits per heavy atom. The second-order valence-electron chi connectivity index (χ2n) is 6.54. The highest BCUT2D eigenvalue weighted by atomic mass is 16.6. The molecule has 0 aromatic heterocycles. The molecule has 4 aliphatic rings. The maximum Gasteiger partial charge on any atom is 0.337 e. The number of hydrogen-bond acceptors (Lipinski definition) is 6. The van der Waals surface area contributed by atoms with E-state index in [1.165, 1.54) is 6.08 Å². The Morgan fingerprint density at radius 2 is 1.81 bits per heavy atom. The van der Waals surface area contributed by atoms with Gasteiger partial charge in [-0.25, -0.2) is 9.69 Å². The molecule has 1 aromatic rings. The zero-order chi connectivity index (χ0) is 18.4. The summed E-state index contributed by atoms with van der Waals surface area (Å²) in [5.74, 6) is -4.75. The molecule has 134 valence electrons. The fourth-order valence-corrected chi connectivity index (χ4v) is 3.84. The van der Waals surface area contributed by atoms with Gasteiger partial charge in [0.25, 0.3) is 0 Å². The molecule has 5 rings (SSSR count). The fourth-order valence-electron chi connectivity index (χ4n) is 3.84. The van der Waals surface area contributed by atoms with Crippen molar-refractivity contribution in [1.82, 2.24) is 0 Å². The van der Waals surface area contributed by atoms with Gasteiger partial charge in [0.15, 0.2) is 0 Å². The van der Waals surface area contributed by atoms with Crippen LogP contribution in [0.1, 0.15) is 13.3 Å². The maximum atomic E-state index is 13.0. The van der Waals surface area contributed by atoms with Gasteiger partial charge in [-0.05, 0) is 18.6 Å². The van der Waals surface area contributed by atoms with Gasteiger partial charge in [0.1, 0.15) is 6.10 Å². The largest absolute Gasteiger partial charge is 0.462 e. The van der Waals surface area contributed by atoms with Gasteiger partial charge in [0, 0.05) is 0 Å². The van der Waals surface area contributed by atoms with E-state index in [-0.39, 0.29) is 12.2 Å². The number of carbonyl (C=O) groups excluding carboxylic acids is 4. The molecule has 0 N–H and O–H groups in total. The van der Waals surface area contributed by atoms with E-state index in [1.54, 1.807) is 30.3 Å².